The maximum Gasteiger partial charge on any atom is 0.407 e. The number of nitrogen functional groups attached to an aromatic ring is 1. The van der Waals surface area contributed by atoms with E-state index in [-0.39, 0.29) is 5.91 Å². The van der Waals surface area contributed by atoms with E-state index in [0.29, 0.717) is 23.5 Å². The molecule has 0 aliphatic rings. The molecule has 0 aliphatic carbocycles. The van der Waals surface area contributed by atoms with Gasteiger partial charge in [0.2, 0.25) is 0 Å². The monoisotopic (exact) mass is 341 g/mol. The lowest BCUT2D eigenvalue weighted by atomic mass is 10.1. The fraction of sp³-hybridized carbons (Fsp3) is 0.263. The first kappa shape index (κ1) is 18.3. The van der Waals surface area contributed by atoms with E-state index in [4.69, 9.17) is 10.5 Å². The van der Waals surface area contributed by atoms with E-state index in [0.717, 1.165) is 5.56 Å². The number of nitrogens with two attached hydrogens (primary N) is 1. The molecule has 0 heterocycles. The Morgan fingerprint density at radius 3 is 2.16 bits per heavy atom. The number of hydrogen-bond acceptors (Lipinski definition) is 4. The molecule has 0 saturated carbocycles. The zero-order valence-corrected chi connectivity index (χ0v) is 14.6. The van der Waals surface area contributed by atoms with Gasteiger partial charge in [-0.1, -0.05) is 12.1 Å². The second-order valence-corrected chi connectivity index (χ2v) is 6.63. The minimum Gasteiger partial charge on any atom is -0.444 e. The maximum absolute atomic E-state index is 12.2. The van der Waals surface area contributed by atoms with Gasteiger partial charge in [0.25, 0.3) is 5.91 Å². The number of benzene rings is 2. The summed E-state index contributed by atoms with van der Waals surface area (Å²) in [6.07, 6.45) is -0.474. The molecule has 0 atom stereocenters. The summed E-state index contributed by atoms with van der Waals surface area (Å²) in [6, 6.07) is 13.9. The quantitative estimate of drug-likeness (QED) is 0.741. The van der Waals surface area contributed by atoms with Gasteiger partial charge in [0.1, 0.15) is 5.60 Å². The number of carbonyl (C=O) groups excluding carboxylic acids is 2. The highest BCUT2D eigenvalue weighted by Crippen LogP contribution is 2.13. The van der Waals surface area contributed by atoms with Crippen LogP contribution in [0.25, 0.3) is 0 Å². The van der Waals surface area contributed by atoms with Gasteiger partial charge in [0.15, 0.2) is 0 Å². The SMILES string of the molecule is CC(C)(C)OC(=O)NCc1ccc(C(=O)Nc2ccc(N)cc2)cc1. The molecular weight excluding hydrogens is 318 g/mol. The molecule has 0 radical (unpaired) electrons. The number of alkyl carbamates (subject to hydrolysis) is 1. The van der Waals surface area contributed by atoms with Gasteiger partial charge in [-0.25, -0.2) is 4.79 Å². The van der Waals surface area contributed by atoms with Crippen molar-refractivity contribution in [3.63, 3.8) is 0 Å². The van der Waals surface area contributed by atoms with Gasteiger partial charge in [-0.05, 0) is 62.7 Å². The van der Waals surface area contributed by atoms with Gasteiger partial charge in [0, 0.05) is 23.5 Å². The van der Waals surface area contributed by atoms with Crippen molar-refractivity contribution in [2.45, 2.75) is 32.9 Å². The molecule has 0 bridgehead atoms. The molecule has 6 heteroatoms. The Morgan fingerprint density at radius 1 is 1.00 bits per heavy atom. The van der Waals surface area contributed by atoms with E-state index in [1.807, 2.05) is 0 Å². The molecule has 0 fully saturated rings. The normalized spacial score (nSPS) is 10.8. The van der Waals surface area contributed by atoms with Crippen molar-refractivity contribution in [1.29, 1.82) is 0 Å². The zero-order chi connectivity index (χ0) is 18.4. The average Bonchev–Trinajstić information content (AvgIpc) is 2.54. The number of carbonyl (C=O) groups is 2. The molecule has 0 spiro atoms. The molecule has 0 unspecified atom stereocenters. The lowest BCUT2D eigenvalue weighted by molar-refractivity contribution is 0.0523. The summed E-state index contributed by atoms with van der Waals surface area (Å²) in [5.41, 5.74) is 7.79. The van der Waals surface area contributed by atoms with Crippen LogP contribution in [0, 0.1) is 0 Å². The Kier molecular flexibility index (Phi) is 5.64. The molecule has 2 amide bonds. The number of amides is 2. The van der Waals surface area contributed by atoms with Crippen LogP contribution in [0.3, 0.4) is 0 Å². The van der Waals surface area contributed by atoms with Crippen LogP contribution in [-0.4, -0.2) is 17.6 Å². The van der Waals surface area contributed by atoms with Crippen molar-refractivity contribution in [3.8, 4) is 0 Å². The molecular formula is C19H23N3O3. The number of nitrogens with one attached hydrogen (secondary N) is 2. The third-order valence-electron chi connectivity index (χ3n) is 3.22. The van der Waals surface area contributed by atoms with Crippen molar-refractivity contribution in [3.05, 3.63) is 59.7 Å². The predicted molar refractivity (Wildman–Crippen MR) is 98.3 cm³/mol. The summed E-state index contributed by atoms with van der Waals surface area (Å²) in [5.74, 6) is -0.212. The Bertz CT molecular complexity index is 732. The maximum atomic E-state index is 12.2. The molecule has 2 rings (SSSR count). The van der Waals surface area contributed by atoms with E-state index in [1.54, 1.807) is 69.3 Å². The third kappa shape index (κ3) is 6.18. The number of hydrogen-bond donors (Lipinski definition) is 3. The minimum atomic E-state index is -0.534. The number of anilines is 2. The summed E-state index contributed by atoms with van der Waals surface area (Å²) in [4.78, 5) is 23.8. The van der Waals surface area contributed by atoms with Gasteiger partial charge in [-0.3, -0.25) is 4.79 Å². The highest BCUT2D eigenvalue weighted by atomic mass is 16.6. The van der Waals surface area contributed by atoms with E-state index < -0.39 is 11.7 Å². The predicted octanol–water partition coefficient (Wildman–Crippen LogP) is 3.55. The standard InChI is InChI=1S/C19H23N3O3/c1-19(2,3)25-18(24)21-12-13-4-6-14(7-5-13)17(23)22-16-10-8-15(20)9-11-16/h4-11H,12,20H2,1-3H3,(H,21,24)(H,22,23). The van der Waals surface area contributed by atoms with Crippen LogP contribution in [0.1, 0.15) is 36.7 Å². The van der Waals surface area contributed by atoms with Crippen LogP contribution < -0.4 is 16.4 Å². The van der Waals surface area contributed by atoms with Crippen LogP contribution in [-0.2, 0) is 11.3 Å². The number of ether oxygens (including phenoxy) is 1. The summed E-state index contributed by atoms with van der Waals surface area (Å²) in [5, 5.41) is 5.47. The molecule has 0 aromatic heterocycles. The first-order valence-electron chi connectivity index (χ1n) is 7.96. The Morgan fingerprint density at radius 2 is 1.60 bits per heavy atom. The van der Waals surface area contributed by atoms with Crippen molar-refractivity contribution in [2.75, 3.05) is 11.1 Å². The van der Waals surface area contributed by atoms with Crippen LogP contribution in [0.2, 0.25) is 0 Å². The van der Waals surface area contributed by atoms with Crippen LogP contribution in [0.4, 0.5) is 16.2 Å². The van der Waals surface area contributed by atoms with Crippen molar-refractivity contribution >= 4 is 23.4 Å². The molecule has 0 aliphatic heterocycles. The molecule has 25 heavy (non-hydrogen) atoms. The van der Waals surface area contributed by atoms with Gasteiger partial charge >= 0.3 is 6.09 Å². The number of rotatable bonds is 4. The second kappa shape index (κ2) is 7.70. The average molecular weight is 341 g/mol. The summed E-state index contributed by atoms with van der Waals surface area (Å²) < 4.78 is 5.17. The van der Waals surface area contributed by atoms with Crippen LogP contribution >= 0.6 is 0 Å². The Balaban J connectivity index is 1.89. The molecule has 0 saturated heterocycles. The fourth-order valence-corrected chi connectivity index (χ4v) is 2.03. The Labute approximate surface area is 147 Å². The highest BCUT2D eigenvalue weighted by Gasteiger charge is 2.15. The summed E-state index contributed by atoms with van der Waals surface area (Å²) in [7, 11) is 0. The Hall–Kier alpha value is -3.02. The van der Waals surface area contributed by atoms with E-state index in [2.05, 4.69) is 10.6 Å². The van der Waals surface area contributed by atoms with Crippen LogP contribution in [0.15, 0.2) is 48.5 Å². The topological polar surface area (TPSA) is 93.4 Å². The van der Waals surface area contributed by atoms with Crippen molar-refractivity contribution < 1.29 is 14.3 Å². The van der Waals surface area contributed by atoms with Crippen LogP contribution in [0.5, 0.6) is 0 Å². The molecule has 4 N–H and O–H groups in total. The third-order valence-corrected chi connectivity index (χ3v) is 3.22. The largest absolute Gasteiger partial charge is 0.444 e. The molecule has 2 aromatic rings. The molecule has 6 nitrogen and oxygen atoms in total. The first-order valence-corrected chi connectivity index (χ1v) is 7.96. The summed E-state index contributed by atoms with van der Waals surface area (Å²) >= 11 is 0. The first-order chi connectivity index (χ1) is 11.7. The molecule has 2 aromatic carbocycles. The lowest BCUT2D eigenvalue weighted by Gasteiger charge is -2.19. The molecule has 132 valence electrons. The van der Waals surface area contributed by atoms with E-state index in [9.17, 15) is 9.59 Å². The lowest BCUT2D eigenvalue weighted by Crippen LogP contribution is -2.32. The smallest absolute Gasteiger partial charge is 0.407 e. The van der Waals surface area contributed by atoms with E-state index in [1.165, 1.54) is 0 Å². The van der Waals surface area contributed by atoms with E-state index >= 15 is 0 Å². The van der Waals surface area contributed by atoms with Gasteiger partial charge in [0.05, 0.1) is 0 Å². The van der Waals surface area contributed by atoms with Gasteiger partial charge in [-0.2, -0.15) is 0 Å². The second-order valence-electron chi connectivity index (χ2n) is 6.63. The highest BCUT2D eigenvalue weighted by molar-refractivity contribution is 6.04. The van der Waals surface area contributed by atoms with Crippen molar-refractivity contribution in [1.82, 2.24) is 5.32 Å². The van der Waals surface area contributed by atoms with Gasteiger partial charge in [-0.15, -0.1) is 0 Å². The zero-order valence-electron chi connectivity index (χ0n) is 14.6. The van der Waals surface area contributed by atoms with Gasteiger partial charge < -0.3 is 21.1 Å². The summed E-state index contributed by atoms with van der Waals surface area (Å²) in [6.45, 7) is 5.75. The minimum absolute atomic E-state index is 0.212. The van der Waals surface area contributed by atoms with Crippen molar-refractivity contribution in [2.24, 2.45) is 0 Å². The fourth-order valence-electron chi connectivity index (χ4n) is 2.03.